The van der Waals surface area contributed by atoms with Crippen molar-refractivity contribution in [3.05, 3.63) is 29.1 Å². The number of sulfone groups is 1. The highest BCUT2D eigenvalue weighted by molar-refractivity contribution is 7.93. The number of halogens is 3. The highest BCUT2D eigenvalue weighted by Crippen LogP contribution is 2.63. The van der Waals surface area contributed by atoms with Gasteiger partial charge in [0.15, 0.2) is 15.6 Å². The molecule has 4 fully saturated rings. The molecule has 0 bridgehead atoms. The van der Waals surface area contributed by atoms with Gasteiger partial charge in [-0.3, -0.25) is 4.79 Å². The summed E-state index contributed by atoms with van der Waals surface area (Å²) in [5, 5.41) is -0.469. The summed E-state index contributed by atoms with van der Waals surface area (Å²) < 4.78 is 72.0. The van der Waals surface area contributed by atoms with Crippen LogP contribution < -0.4 is 4.74 Å². The summed E-state index contributed by atoms with van der Waals surface area (Å²) in [6.45, 7) is 0.252. The standard InChI is InChI=1S/C22H25F3O4S/c23-19-9-21(29-10-12-1-6-17-18(7-12)22(17,24)25)15(13-2-3-13)8-16(19)20(26)11-30(27,28)14-4-5-14/h8-9,12-14,17-18H,1-7,10-11H2. The Morgan fingerprint density at radius 1 is 1.07 bits per heavy atom. The monoisotopic (exact) mass is 442 g/mol. The highest BCUT2D eigenvalue weighted by atomic mass is 32.2. The van der Waals surface area contributed by atoms with Crippen LogP contribution in [0.3, 0.4) is 0 Å². The van der Waals surface area contributed by atoms with Crippen molar-refractivity contribution >= 4 is 15.6 Å². The number of fused-ring (bicyclic) bond motifs is 1. The summed E-state index contributed by atoms with van der Waals surface area (Å²) in [5.41, 5.74) is 0.514. The fourth-order valence-corrected chi connectivity index (χ4v) is 6.47. The van der Waals surface area contributed by atoms with E-state index in [0.717, 1.165) is 12.8 Å². The van der Waals surface area contributed by atoms with Gasteiger partial charge in [-0.05, 0) is 68.4 Å². The minimum absolute atomic E-state index is 0.0136. The maximum absolute atomic E-state index is 14.7. The molecule has 3 atom stereocenters. The Morgan fingerprint density at radius 3 is 2.43 bits per heavy atom. The summed E-state index contributed by atoms with van der Waals surface area (Å²) in [4.78, 5) is 12.5. The first-order valence-corrected chi connectivity index (χ1v) is 12.5. The molecule has 0 aromatic heterocycles. The van der Waals surface area contributed by atoms with Crippen LogP contribution in [0.25, 0.3) is 0 Å². The molecule has 0 spiro atoms. The predicted octanol–water partition coefficient (Wildman–Crippen LogP) is 4.52. The lowest BCUT2D eigenvalue weighted by molar-refractivity contribution is 0.0836. The van der Waals surface area contributed by atoms with Crippen LogP contribution in [-0.4, -0.2) is 37.7 Å². The fourth-order valence-electron chi connectivity index (χ4n) is 4.86. The zero-order valence-electron chi connectivity index (χ0n) is 16.6. The molecule has 30 heavy (non-hydrogen) atoms. The van der Waals surface area contributed by atoms with Gasteiger partial charge in [0.2, 0.25) is 0 Å². The van der Waals surface area contributed by atoms with E-state index in [1.165, 1.54) is 12.1 Å². The second kappa shape index (κ2) is 6.97. The summed E-state index contributed by atoms with van der Waals surface area (Å²) >= 11 is 0. The van der Waals surface area contributed by atoms with Gasteiger partial charge in [-0.2, -0.15) is 0 Å². The van der Waals surface area contributed by atoms with Crippen LogP contribution in [-0.2, 0) is 9.84 Å². The number of hydrogen-bond donors (Lipinski definition) is 0. The number of benzene rings is 1. The third kappa shape index (κ3) is 3.76. The molecular formula is C22H25F3O4S. The Bertz CT molecular complexity index is 982. The van der Waals surface area contributed by atoms with Crippen molar-refractivity contribution in [2.75, 3.05) is 12.4 Å². The fraction of sp³-hybridized carbons (Fsp3) is 0.682. The molecule has 0 heterocycles. The molecule has 4 aliphatic carbocycles. The van der Waals surface area contributed by atoms with Crippen LogP contribution in [0.5, 0.6) is 5.75 Å². The van der Waals surface area contributed by atoms with Gasteiger partial charge in [0, 0.05) is 17.9 Å². The van der Waals surface area contributed by atoms with E-state index < -0.39 is 50.2 Å². The summed E-state index contributed by atoms with van der Waals surface area (Å²) in [7, 11) is -3.52. The molecular weight excluding hydrogens is 417 g/mol. The minimum Gasteiger partial charge on any atom is -0.493 e. The van der Waals surface area contributed by atoms with E-state index in [4.69, 9.17) is 4.74 Å². The molecule has 4 nitrogen and oxygen atoms in total. The lowest BCUT2D eigenvalue weighted by Gasteiger charge is -2.21. The first kappa shape index (κ1) is 20.3. The van der Waals surface area contributed by atoms with Crippen LogP contribution >= 0.6 is 0 Å². The van der Waals surface area contributed by atoms with Crippen molar-refractivity contribution in [1.29, 1.82) is 0 Å². The van der Waals surface area contributed by atoms with E-state index in [9.17, 15) is 26.4 Å². The molecule has 0 N–H and O–H groups in total. The van der Waals surface area contributed by atoms with Crippen molar-refractivity contribution in [3.63, 3.8) is 0 Å². The molecule has 0 saturated heterocycles. The van der Waals surface area contributed by atoms with Gasteiger partial charge in [-0.15, -0.1) is 0 Å². The van der Waals surface area contributed by atoms with Gasteiger partial charge in [0.25, 0.3) is 5.92 Å². The molecule has 4 aliphatic rings. The van der Waals surface area contributed by atoms with Crippen LogP contribution in [0, 0.1) is 23.6 Å². The lowest BCUT2D eigenvalue weighted by atomic mass is 9.90. The SMILES string of the molecule is O=C(CS(=O)(=O)C1CC1)c1cc(C2CC2)c(OCC2CCC3C(C2)C3(F)F)cc1F. The number of hydrogen-bond acceptors (Lipinski definition) is 4. The minimum atomic E-state index is -3.52. The van der Waals surface area contributed by atoms with Gasteiger partial charge < -0.3 is 4.74 Å². The highest BCUT2D eigenvalue weighted by Gasteiger charge is 2.68. The Balaban J connectivity index is 1.30. The van der Waals surface area contributed by atoms with Gasteiger partial charge in [0.1, 0.15) is 17.3 Å². The number of Topliss-reactive ketones (excluding diaryl/α,β-unsaturated/α-hetero) is 1. The Morgan fingerprint density at radius 2 is 1.80 bits per heavy atom. The average molecular weight is 442 g/mol. The zero-order valence-corrected chi connectivity index (χ0v) is 17.4. The van der Waals surface area contributed by atoms with Crippen LogP contribution in [0.2, 0.25) is 0 Å². The molecule has 164 valence electrons. The zero-order chi connectivity index (χ0) is 21.3. The van der Waals surface area contributed by atoms with Gasteiger partial charge in [-0.1, -0.05) is 0 Å². The molecule has 8 heteroatoms. The first-order valence-electron chi connectivity index (χ1n) is 10.8. The van der Waals surface area contributed by atoms with Crippen molar-refractivity contribution in [2.45, 2.75) is 62.0 Å². The number of carbonyl (C=O) groups is 1. The molecule has 0 aliphatic heterocycles. The summed E-state index contributed by atoms with van der Waals surface area (Å²) in [6, 6.07) is 2.61. The normalized spacial score (nSPS) is 29.9. The predicted molar refractivity (Wildman–Crippen MR) is 104 cm³/mol. The van der Waals surface area contributed by atoms with Gasteiger partial charge in [-0.25, -0.2) is 21.6 Å². The molecule has 4 saturated carbocycles. The second-order valence-corrected chi connectivity index (χ2v) is 11.7. The van der Waals surface area contributed by atoms with Crippen molar-refractivity contribution in [2.24, 2.45) is 17.8 Å². The Labute approximate surface area is 174 Å². The molecule has 5 rings (SSSR count). The largest absolute Gasteiger partial charge is 0.493 e. The van der Waals surface area contributed by atoms with E-state index in [1.807, 2.05) is 0 Å². The molecule has 1 aromatic carbocycles. The topological polar surface area (TPSA) is 60.4 Å². The Hall–Kier alpha value is -1.57. The first-order chi connectivity index (χ1) is 14.2. The van der Waals surface area contributed by atoms with E-state index in [1.54, 1.807) is 0 Å². The van der Waals surface area contributed by atoms with Crippen molar-refractivity contribution in [1.82, 2.24) is 0 Å². The molecule has 3 unspecified atom stereocenters. The number of carbonyl (C=O) groups excluding carboxylic acids is 1. The summed E-state index contributed by atoms with van der Waals surface area (Å²) in [6.07, 6.45) is 4.52. The maximum Gasteiger partial charge on any atom is 0.254 e. The third-order valence-electron chi connectivity index (χ3n) is 7.09. The number of ether oxygens (including phenoxy) is 1. The quantitative estimate of drug-likeness (QED) is 0.556. The molecule has 0 amide bonds. The van der Waals surface area contributed by atoms with Crippen molar-refractivity contribution in [3.8, 4) is 5.75 Å². The van der Waals surface area contributed by atoms with E-state index >= 15 is 0 Å². The molecule has 1 aromatic rings. The third-order valence-corrected chi connectivity index (χ3v) is 9.25. The molecule has 0 radical (unpaired) electrons. The number of rotatable bonds is 8. The van der Waals surface area contributed by atoms with Crippen molar-refractivity contribution < 1.29 is 31.1 Å². The number of alkyl halides is 2. The van der Waals surface area contributed by atoms with Crippen LogP contribution in [0.15, 0.2) is 12.1 Å². The van der Waals surface area contributed by atoms with Crippen LogP contribution in [0.4, 0.5) is 13.2 Å². The second-order valence-electron chi connectivity index (χ2n) is 9.45. The average Bonchev–Trinajstić information content (AvgIpc) is 3.56. The van der Waals surface area contributed by atoms with Crippen LogP contribution in [0.1, 0.15) is 66.8 Å². The van der Waals surface area contributed by atoms with E-state index in [2.05, 4.69) is 0 Å². The van der Waals surface area contributed by atoms with E-state index in [-0.39, 0.29) is 24.0 Å². The maximum atomic E-state index is 14.7. The van der Waals surface area contributed by atoms with Gasteiger partial charge >= 0.3 is 0 Å². The number of ketones is 1. The smallest absolute Gasteiger partial charge is 0.254 e. The summed E-state index contributed by atoms with van der Waals surface area (Å²) in [5.74, 6) is -5.22. The lowest BCUT2D eigenvalue weighted by Crippen LogP contribution is -2.21. The van der Waals surface area contributed by atoms with E-state index in [0.29, 0.717) is 43.4 Å². The Kier molecular flexibility index (Phi) is 4.73. The van der Waals surface area contributed by atoms with Gasteiger partial charge in [0.05, 0.1) is 17.4 Å².